The molecular formula is C19H23NO4S. The maximum Gasteiger partial charge on any atom is 0.244 e. The van der Waals surface area contributed by atoms with Crippen molar-refractivity contribution in [3.8, 4) is 5.75 Å². The first-order valence-corrected chi connectivity index (χ1v) is 9.73. The van der Waals surface area contributed by atoms with Crippen molar-refractivity contribution in [2.45, 2.75) is 43.4 Å². The molecule has 25 heavy (non-hydrogen) atoms. The summed E-state index contributed by atoms with van der Waals surface area (Å²) in [4.78, 5) is 0.196. The van der Waals surface area contributed by atoms with Gasteiger partial charge in [0.15, 0.2) is 0 Å². The lowest BCUT2D eigenvalue weighted by molar-refractivity contribution is 0.0685. The maximum atomic E-state index is 13.1. The van der Waals surface area contributed by atoms with Crippen LogP contribution in [-0.2, 0) is 16.4 Å². The summed E-state index contributed by atoms with van der Waals surface area (Å²) >= 11 is 0. The first-order chi connectivity index (χ1) is 11.9. The highest BCUT2D eigenvalue weighted by atomic mass is 32.2. The molecule has 0 amide bonds. The van der Waals surface area contributed by atoms with Gasteiger partial charge in [0.2, 0.25) is 10.0 Å². The minimum absolute atomic E-state index is 0.196. The lowest BCUT2D eigenvalue weighted by atomic mass is 9.95. The third kappa shape index (κ3) is 3.17. The maximum absolute atomic E-state index is 13.1. The Balaban J connectivity index is 2.04. The van der Waals surface area contributed by atoms with Crippen molar-refractivity contribution in [1.82, 2.24) is 4.31 Å². The molecule has 134 valence electrons. The van der Waals surface area contributed by atoms with Gasteiger partial charge in [0.25, 0.3) is 0 Å². The van der Waals surface area contributed by atoms with Crippen molar-refractivity contribution in [2.75, 3.05) is 7.11 Å². The van der Waals surface area contributed by atoms with E-state index in [0.717, 1.165) is 11.3 Å². The zero-order valence-corrected chi connectivity index (χ0v) is 15.4. The number of aliphatic hydroxyl groups excluding tert-OH is 1. The second-order valence-electron chi connectivity index (χ2n) is 6.53. The van der Waals surface area contributed by atoms with Gasteiger partial charge in [-0.05, 0) is 44.0 Å². The van der Waals surface area contributed by atoms with Gasteiger partial charge in [-0.25, -0.2) is 8.42 Å². The first-order valence-electron chi connectivity index (χ1n) is 8.29. The molecule has 2 unspecified atom stereocenters. The molecule has 6 heteroatoms. The van der Waals surface area contributed by atoms with Gasteiger partial charge in [-0.15, -0.1) is 0 Å². The van der Waals surface area contributed by atoms with Crippen molar-refractivity contribution >= 4 is 10.0 Å². The van der Waals surface area contributed by atoms with Crippen molar-refractivity contribution in [3.05, 3.63) is 59.7 Å². The second kappa shape index (κ2) is 6.78. The predicted molar refractivity (Wildman–Crippen MR) is 96.0 cm³/mol. The van der Waals surface area contributed by atoms with Gasteiger partial charge in [-0.3, -0.25) is 0 Å². The number of aliphatic hydroxyl groups is 1. The second-order valence-corrected chi connectivity index (χ2v) is 8.34. The number of hydrogen-bond donors (Lipinski definition) is 1. The normalized spacial score (nSPS) is 22.6. The summed E-state index contributed by atoms with van der Waals surface area (Å²) in [7, 11) is -2.05. The zero-order chi connectivity index (χ0) is 18.2. The van der Waals surface area contributed by atoms with E-state index >= 15 is 0 Å². The average molecular weight is 361 g/mol. The van der Waals surface area contributed by atoms with Gasteiger partial charge in [0.1, 0.15) is 5.75 Å². The van der Waals surface area contributed by atoms with Crippen LogP contribution < -0.4 is 4.74 Å². The fourth-order valence-electron chi connectivity index (χ4n) is 3.46. The van der Waals surface area contributed by atoms with Gasteiger partial charge in [-0.2, -0.15) is 4.31 Å². The third-order valence-corrected chi connectivity index (χ3v) is 6.77. The van der Waals surface area contributed by atoms with Crippen LogP contribution in [0, 0.1) is 0 Å². The molecule has 0 saturated carbocycles. The van der Waals surface area contributed by atoms with Crippen LogP contribution in [0.1, 0.15) is 31.1 Å². The Morgan fingerprint density at radius 1 is 1.12 bits per heavy atom. The van der Waals surface area contributed by atoms with Crippen LogP contribution in [0.4, 0.5) is 0 Å². The van der Waals surface area contributed by atoms with Crippen LogP contribution in [-0.4, -0.2) is 37.0 Å². The van der Waals surface area contributed by atoms with Crippen molar-refractivity contribution in [1.29, 1.82) is 0 Å². The molecule has 0 spiro atoms. The smallest absolute Gasteiger partial charge is 0.244 e. The van der Waals surface area contributed by atoms with Crippen LogP contribution >= 0.6 is 0 Å². The molecule has 0 radical (unpaired) electrons. The first kappa shape index (κ1) is 17.9. The number of benzene rings is 2. The Kier molecular flexibility index (Phi) is 4.86. The van der Waals surface area contributed by atoms with Crippen LogP contribution in [0.2, 0.25) is 0 Å². The standard InChI is InChI=1S/C19H23NO4S/c1-13(2)20-17(12-14-8-10-15(24-3)11-9-14)19(21)16-6-4-5-7-18(16)25(20,22)23/h4-11,13,17,19,21H,12H2,1-3H3. The lowest BCUT2D eigenvalue weighted by Crippen LogP contribution is -2.52. The molecule has 1 aliphatic heterocycles. The van der Waals surface area contributed by atoms with Gasteiger partial charge < -0.3 is 9.84 Å². The molecule has 0 bridgehead atoms. The van der Waals surface area contributed by atoms with E-state index in [1.807, 2.05) is 38.1 Å². The topological polar surface area (TPSA) is 66.8 Å². The number of rotatable bonds is 4. The summed E-state index contributed by atoms with van der Waals surface area (Å²) in [5.41, 5.74) is 1.42. The molecule has 0 fully saturated rings. The van der Waals surface area contributed by atoms with Gasteiger partial charge in [0.05, 0.1) is 24.2 Å². The van der Waals surface area contributed by atoms with E-state index in [1.165, 1.54) is 4.31 Å². The van der Waals surface area contributed by atoms with E-state index in [1.54, 1.807) is 31.4 Å². The predicted octanol–water partition coefficient (Wildman–Crippen LogP) is 2.75. The minimum atomic E-state index is -3.65. The quantitative estimate of drug-likeness (QED) is 0.909. The van der Waals surface area contributed by atoms with E-state index in [4.69, 9.17) is 4.74 Å². The van der Waals surface area contributed by atoms with Crippen molar-refractivity contribution < 1.29 is 18.3 Å². The Bertz CT molecular complexity index is 846. The van der Waals surface area contributed by atoms with E-state index in [-0.39, 0.29) is 10.9 Å². The van der Waals surface area contributed by atoms with Crippen LogP contribution in [0.15, 0.2) is 53.4 Å². The number of nitrogens with zero attached hydrogens (tertiary/aromatic N) is 1. The third-order valence-electron chi connectivity index (χ3n) is 4.60. The molecule has 0 aliphatic carbocycles. The molecular weight excluding hydrogens is 338 g/mol. The molecule has 2 atom stereocenters. The van der Waals surface area contributed by atoms with Crippen LogP contribution in [0.3, 0.4) is 0 Å². The highest BCUT2D eigenvalue weighted by Crippen LogP contribution is 2.39. The minimum Gasteiger partial charge on any atom is -0.497 e. The summed E-state index contributed by atoms with van der Waals surface area (Å²) in [5.74, 6) is 0.742. The van der Waals surface area contributed by atoms with Crippen molar-refractivity contribution in [2.24, 2.45) is 0 Å². The molecule has 2 aromatic carbocycles. The van der Waals surface area contributed by atoms with Gasteiger partial charge in [0, 0.05) is 11.6 Å². The van der Waals surface area contributed by atoms with Crippen molar-refractivity contribution in [3.63, 3.8) is 0 Å². The number of ether oxygens (including phenoxy) is 1. The van der Waals surface area contributed by atoms with E-state index < -0.39 is 22.2 Å². The molecule has 5 nitrogen and oxygen atoms in total. The zero-order valence-electron chi connectivity index (χ0n) is 14.6. The lowest BCUT2D eigenvalue weighted by Gasteiger charge is -2.41. The molecule has 0 aromatic heterocycles. The van der Waals surface area contributed by atoms with Crippen LogP contribution in [0.25, 0.3) is 0 Å². The fourth-order valence-corrected chi connectivity index (χ4v) is 5.53. The van der Waals surface area contributed by atoms with Gasteiger partial charge >= 0.3 is 0 Å². The Morgan fingerprint density at radius 2 is 1.76 bits per heavy atom. The highest BCUT2D eigenvalue weighted by molar-refractivity contribution is 7.89. The summed E-state index contributed by atoms with van der Waals surface area (Å²) < 4.78 is 32.8. The summed E-state index contributed by atoms with van der Waals surface area (Å²) in [6.45, 7) is 3.67. The highest BCUT2D eigenvalue weighted by Gasteiger charge is 2.44. The van der Waals surface area contributed by atoms with E-state index in [2.05, 4.69) is 0 Å². The Labute approximate surface area is 148 Å². The Hall–Kier alpha value is -1.89. The molecule has 3 rings (SSSR count). The number of methoxy groups -OCH3 is 1. The molecule has 1 heterocycles. The summed E-state index contributed by atoms with van der Waals surface area (Å²) in [5, 5.41) is 10.9. The number of sulfonamides is 1. The molecule has 2 aromatic rings. The van der Waals surface area contributed by atoms with Crippen LogP contribution in [0.5, 0.6) is 5.75 Å². The van der Waals surface area contributed by atoms with Gasteiger partial charge in [-0.1, -0.05) is 30.3 Å². The molecule has 0 saturated heterocycles. The summed E-state index contributed by atoms with van der Waals surface area (Å²) in [6, 6.07) is 13.4. The van der Waals surface area contributed by atoms with E-state index in [0.29, 0.717) is 12.0 Å². The number of hydrogen-bond acceptors (Lipinski definition) is 4. The monoisotopic (exact) mass is 361 g/mol. The SMILES string of the molecule is COc1ccc(CC2C(O)c3ccccc3S(=O)(=O)N2C(C)C)cc1. The summed E-state index contributed by atoms with van der Waals surface area (Å²) in [6.07, 6.45) is -0.444. The number of fused-ring (bicyclic) bond motifs is 1. The fraction of sp³-hybridized carbons (Fsp3) is 0.368. The molecule has 1 aliphatic rings. The van der Waals surface area contributed by atoms with E-state index in [9.17, 15) is 13.5 Å². The largest absolute Gasteiger partial charge is 0.497 e. The Morgan fingerprint density at radius 3 is 2.36 bits per heavy atom. The molecule has 1 N–H and O–H groups in total. The average Bonchev–Trinajstić information content (AvgIpc) is 2.60.